The van der Waals surface area contributed by atoms with E-state index in [2.05, 4.69) is 0 Å². The van der Waals surface area contributed by atoms with Crippen molar-refractivity contribution in [2.75, 3.05) is 0 Å². The first-order valence-electron chi connectivity index (χ1n) is 6.72. The molecule has 0 bridgehead atoms. The molecule has 0 spiro atoms. The molecule has 118 valence electrons. The molecule has 3 rings (SSSR count). The number of esters is 1. The van der Waals surface area contributed by atoms with E-state index in [4.69, 9.17) is 16.3 Å². The summed E-state index contributed by atoms with van der Waals surface area (Å²) < 4.78 is 32.5. The Morgan fingerprint density at radius 2 is 1.78 bits per heavy atom. The van der Waals surface area contributed by atoms with Crippen molar-refractivity contribution in [3.63, 3.8) is 0 Å². The van der Waals surface area contributed by atoms with E-state index in [0.29, 0.717) is 10.6 Å². The van der Waals surface area contributed by atoms with Gasteiger partial charge in [0.15, 0.2) is 11.6 Å². The Kier molecular flexibility index (Phi) is 3.70. The molecule has 0 saturated carbocycles. The van der Waals surface area contributed by atoms with Gasteiger partial charge in [-0.2, -0.15) is 0 Å². The van der Waals surface area contributed by atoms with Crippen molar-refractivity contribution in [3.8, 4) is 0 Å². The summed E-state index contributed by atoms with van der Waals surface area (Å²) in [7, 11) is 0. The van der Waals surface area contributed by atoms with Crippen molar-refractivity contribution in [3.05, 3.63) is 70.2 Å². The molecule has 1 aliphatic rings. The average molecular weight is 337 g/mol. The molecule has 23 heavy (non-hydrogen) atoms. The number of benzene rings is 2. The maximum absolute atomic E-state index is 14.1. The smallest absolute Gasteiger partial charge is 0.342 e. The van der Waals surface area contributed by atoms with Crippen molar-refractivity contribution in [1.29, 1.82) is 0 Å². The molecule has 1 aliphatic heterocycles. The lowest BCUT2D eigenvalue weighted by Gasteiger charge is -2.20. The maximum Gasteiger partial charge on any atom is 0.342 e. The number of aliphatic hydroxyl groups is 1. The molecule has 0 radical (unpaired) electrons. The minimum atomic E-state index is -1.96. The molecule has 0 aromatic heterocycles. The third-order valence-electron chi connectivity index (χ3n) is 3.56. The number of hydrogen-bond donors (Lipinski definition) is 1. The molecular weight excluding hydrogens is 326 g/mol. The zero-order valence-corrected chi connectivity index (χ0v) is 12.7. The normalized spacial score (nSPS) is 20.8. The van der Waals surface area contributed by atoms with Crippen LogP contribution in [0.2, 0.25) is 5.02 Å². The first-order valence-corrected chi connectivity index (χ1v) is 7.10. The Balaban J connectivity index is 2.31. The Labute approximate surface area is 135 Å². The summed E-state index contributed by atoms with van der Waals surface area (Å²) in [6, 6.07) is 9.72. The summed E-state index contributed by atoms with van der Waals surface area (Å²) in [4.78, 5) is 12.1. The molecule has 6 heteroatoms. The van der Waals surface area contributed by atoms with E-state index in [0.717, 1.165) is 6.07 Å². The zero-order chi connectivity index (χ0) is 16.8. The van der Waals surface area contributed by atoms with E-state index in [-0.39, 0.29) is 16.7 Å². The summed E-state index contributed by atoms with van der Waals surface area (Å²) in [5.41, 5.74) is -0.000347. The fourth-order valence-electron chi connectivity index (χ4n) is 2.59. The van der Waals surface area contributed by atoms with Crippen LogP contribution < -0.4 is 0 Å². The van der Waals surface area contributed by atoms with Gasteiger partial charge in [-0.25, -0.2) is 13.6 Å². The van der Waals surface area contributed by atoms with Crippen LogP contribution in [0.4, 0.5) is 8.78 Å². The van der Waals surface area contributed by atoms with E-state index in [9.17, 15) is 18.7 Å². The van der Waals surface area contributed by atoms with E-state index in [1.807, 2.05) is 0 Å². The van der Waals surface area contributed by atoms with Crippen LogP contribution >= 0.6 is 11.6 Å². The van der Waals surface area contributed by atoms with Crippen LogP contribution in [-0.4, -0.2) is 16.9 Å². The SMILES string of the molecule is CC1(O)OC(=O)C(c2cccc(F)c2F)=C1c1ccc(Cl)cc1. The summed E-state index contributed by atoms with van der Waals surface area (Å²) in [6.07, 6.45) is 0. The predicted octanol–water partition coefficient (Wildman–Crippen LogP) is 3.79. The molecule has 0 aliphatic carbocycles. The van der Waals surface area contributed by atoms with E-state index < -0.39 is 23.4 Å². The molecular formula is C17H11ClF2O3. The second kappa shape index (κ2) is 5.44. The lowest BCUT2D eigenvalue weighted by atomic mass is 9.91. The number of carbonyl (C=O) groups excluding carboxylic acids is 1. The molecule has 2 aromatic rings. The first-order chi connectivity index (χ1) is 10.8. The quantitative estimate of drug-likeness (QED) is 0.849. The van der Waals surface area contributed by atoms with Gasteiger partial charge >= 0.3 is 5.97 Å². The summed E-state index contributed by atoms with van der Waals surface area (Å²) in [6.45, 7) is 1.26. The third-order valence-corrected chi connectivity index (χ3v) is 3.82. The van der Waals surface area contributed by atoms with Crippen molar-refractivity contribution in [2.24, 2.45) is 0 Å². The molecule has 0 amide bonds. The van der Waals surface area contributed by atoms with Crippen LogP contribution in [0.15, 0.2) is 42.5 Å². The number of rotatable bonds is 2. The van der Waals surface area contributed by atoms with Crippen molar-refractivity contribution < 1.29 is 23.4 Å². The zero-order valence-electron chi connectivity index (χ0n) is 11.9. The van der Waals surface area contributed by atoms with Gasteiger partial charge in [0.1, 0.15) is 0 Å². The highest BCUT2D eigenvalue weighted by atomic mass is 35.5. The van der Waals surface area contributed by atoms with Crippen LogP contribution in [0.25, 0.3) is 11.1 Å². The van der Waals surface area contributed by atoms with E-state index in [1.165, 1.54) is 19.1 Å². The van der Waals surface area contributed by atoms with Crippen LogP contribution in [0.5, 0.6) is 0 Å². The van der Waals surface area contributed by atoms with Crippen LogP contribution in [0.3, 0.4) is 0 Å². The van der Waals surface area contributed by atoms with Gasteiger partial charge in [-0.3, -0.25) is 0 Å². The predicted molar refractivity (Wildman–Crippen MR) is 81.3 cm³/mol. The fraction of sp³-hybridized carbons (Fsp3) is 0.118. The topological polar surface area (TPSA) is 46.5 Å². The van der Waals surface area contributed by atoms with E-state index in [1.54, 1.807) is 24.3 Å². The van der Waals surface area contributed by atoms with Gasteiger partial charge in [-0.15, -0.1) is 0 Å². The Hall–Kier alpha value is -2.24. The van der Waals surface area contributed by atoms with Gasteiger partial charge in [0.05, 0.1) is 5.57 Å². The van der Waals surface area contributed by atoms with Gasteiger partial charge in [-0.05, 0) is 23.8 Å². The summed E-state index contributed by atoms with van der Waals surface area (Å²) >= 11 is 5.83. The Bertz CT molecular complexity index is 826. The number of cyclic esters (lactones) is 1. The largest absolute Gasteiger partial charge is 0.425 e. The van der Waals surface area contributed by atoms with E-state index >= 15 is 0 Å². The maximum atomic E-state index is 14.1. The monoisotopic (exact) mass is 336 g/mol. The summed E-state index contributed by atoms with van der Waals surface area (Å²) in [5, 5.41) is 10.8. The second-order valence-electron chi connectivity index (χ2n) is 5.23. The van der Waals surface area contributed by atoms with Crippen LogP contribution in [-0.2, 0) is 9.53 Å². The highest BCUT2D eigenvalue weighted by Crippen LogP contribution is 2.43. The fourth-order valence-corrected chi connectivity index (χ4v) is 2.71. The van der Waals surface area contributed by atoms with Crippen molar-refractivity contribution in [2.45, 2.75) is 12.7 Å². The molecule has 2 aromatic carbocycles. The van der Waals surface area contributed by atoms with Crippen LogP contribution in [0.1, 0.15) is 18.1 Å². The minimum Gasteiger partial charge on any atom is -0.425 e. The highest BCUT2D eigenvalue weighted by Gasteiger charge is 2.44. The number of carbonyl (C=O) groups is 1. The average Bonchev–Trinajstić information content (AvgIpc) is 2.72. The molecule has 3 nitrogen and oxygen atoms in total. The van der Waals surface area contributed by atoms with Gasteiger partial charge in [0.25, 0.3) is 0 Å². The van der Waals surface area contributed by atoms with Crippen LogP contribution in [0, 0.1) is 11.6 Å². The number of ether oxygens (including phenoxy) is 1. The van der Waals surface area contributed by atoms with Gasteiger partial charge in [0, 0.05) is 23.1 Å². The molecule has 0 saturated heterocycles. The number of halogens is 3. The van der Waals surface area contributed by atoms with Crippen molar-refractivity contribution in [1.82, 2.24) is 0 Å². The first kappa shape index (κ1) is 15.6. The molecule has 1 unspecified atom stereocenters. The number of hydrogen-bond acceptors (Lipinski definition) is 3. The third kappa shape index (κ3) is 2.62. The lowest BCUT2D eigenvalue weighted by molar-refractivity contribution is -0.169. The summed E-state index contributed by atoms with van der Waals surface area (Å²) in [5.74, 6) is -5.16. The Morgan fingerprint density at radius 3 is 2.43 bits per heavy atom. The molecule has 1 heterocycles. The van der Waals surface area contributed by atoms with Gasteiger partial charge in [-0.1, -0.05) is 35.9 Å². The standard InChI is InChI=1S/C17H11ClF2O3/c1-17(22)14(9-5-7-10(18)8-6-9)13(16(21)23-17)11-3-2-4-12(19)15(11)20/h2-8,22H,1H3. The van der Waals surface area contributed by atoms with Gasteiger partial charge < -0.3 is 9.84 Å². The Morgan fingerprint density at radius 1 is 1.13 bits per heavy atom. The molecule has 1 atom stereocenters. The minimum absolute atomic E-state index is 0.0590. The van der Waals surface area contributed by atoms with Gasteiger partial charge in [0.2, 0.25) is 5.79 Å². The molecule has 0 fully saturated rings. The lowest BCUT2D eigenvalue weighted by Crippen LogP contribution is -2.26. The molecule has 1 N–H and O–H groups in total. The highest BCUT2D eigenvalue weighted by molar-refractivity contribution is 6.31. The van der Waals surface area contributed by atoms with Crippen molar-refractivity contribution >= 4 is 28.7 Å². The second-order valence-corrected chi connectivity index (χ2v) is 5.67.